The first-order chi connectivity index (χ1) is 7.47. The normalized spacial score (nSPS) is 10.2. The van der Waals surface area contributed by atoms with E-state index in [1.54, 1.807) is 13.8 Å². The molecule has 0 fully saturated rings. The zero-order valence-electron chi connectivity index (χ0n) is 9.48. The number of nitrogens with zero attached hydrogens (tertiary/aromatic N) is 3. The molecule has 0 unspecified atom stereocenters. The second-order valence-corrected chi connectivity index (χ2v) is 3.39. The van der Waals surface area contributed by atoms with Crippen LogP contribution in [-0.4, -0.2) is 27.2 Å². The van der Waals surface area contributed by atoms with Gasteiger partial charge in [0.05, 0.1) is 4.92 Å². The Kier molecular flexibility index (Phi) is 3.60. The number of hydrogen-bond donors (Lipinski definition) is 1. The number of carbonyl (C=O) groups excluding carboxylic acids is 1. The van der Waals surface area contributed by atoms with Gasteiger partial charge in [0.25, 0.3) is 0 Å². The Labute approximate surface area is 92.6 Å². The lowest BCUT2D eigenvalue weighted by molar-refractivity contribution is -0.386. The molecule has 1 aromatic rings. The Bertz CT molecular complexity index is 425. The maximum Gasteiger partial charge on any atom is 0.312 e. The van der Waals surface area contributed by atoms with Gasteiger partial charge in [-0.25, -0.2) is 0 Å². The minimum atomic E-state index is -0.480. The van der Waals surface area contributed by atoms with Crippen LogP contribution in [0, 0.1) is 24.0 Å². The lowest BCUT2D eigenvalue weighted by atomic mass is 10.3. The fourth-order valence-electron chi connectivity index (χ4n) is 1.49. The van der Waals surface area contributed by atoms with Crippen LogP contribution in [0.15, 0.2) is 0 Å². The second kappa shape index (κ2) is 4.73. The molecular weight excluding hydrogens is 212 g/mol. The first kappa shape index (κ1) is 12.2. The van der Waals surface area contributed by atoms with E-state index >= 15 is 0 Å². The van der Waals surface area contributed by atoms with Gasteiger partial charge in [-0.2, -0.15) is 5.10 Å². The van der Waals surface area contributed by atoms with E-state index in [0.717, 1.165) is 0 Å². The zero-order chi connectivity index (χ0) is 12.3. The van der Waals surface area contributed by atoms with Crippen LogP contribution in [0.2, 0.25) is 0 Å². The van der Waals surface area contributed by atoms with Gasteiger partial charge in [0, 0.05) is 6.54 Å². The molecule has 0 radical (unpaired) electrons. The zero-order valence-corrected chi connectivity index (χ0v) is 9.48. The predicted octanol–water partition coefficient (Wildman–Crippen LogP) is 0.544. The third kappa shape index (κ3) is 2.36. The molecule has 0 aliphatic heterocycles. The third-order valence-corrected chi connectivity index (χ3v) is 2.19. The Hall–Kier alpha value is -1.92. The molecule has 88 valence electrons. The van der Waals surface area contributed by atoms with Gasteiger partial charge in [0.1, 0.15) is 17.9 Å². The summed E-state index contributed by atoms with van der Waals surface area (Å²) in [6, 6.07) is 0. The van der Waals surface area contributed by atoms with Crippen molar-refractivity contribution in [3.63, 3.8) is 0 Å². The molecule has 0 bridgehead atoms. The predicted molar refractivity (Wildman–Crippen MR) is 57.0 cm³/mol. The van der Waals surface area contributed by atoms with Crippen molar-refractivity contribution in [1.29, 1.82) is 0 Å². The summed E-state index contributed by atoms with van der Waals surface area (Å²) in [5.74, 6) is -0.206. The molecular formula is C9H14N4O3. The van der Waals surface area contributed by atoms with Gasteiger partial charge < -0.3 is 5.32 Å². The fraction of sp³-hybridized carbons (Fsp3) is 0.556. The van der Waals surface area contributed by atoms with Crippen LogP contribution >= 0.6 is 0 Å². The molecule has 0 spiro atoms. The standard InChI is InChI=1S/C9H14N4O3/c1-4-10-8(14)5-12-7(3)9(13(15)16)6(2)11-12/h4-5H2,1-3H3,(H,10,14). The van der Waals surface area contributed by atoms with Crippen LogP contribution < -0.4 is 5.32 Å². The second-order valence-electron chi connectivity index (χ2n) is 3.39. The van der Waals surface area contributed by atoms with E-state index in [1.807, 2.05) is 6.92 Å². The highest BCUT2D eigenvalue weighted by Gasteiger charge is 2.22. The molecule has 0 atom stereocenters. The fourth-order valence-corrected chi connectivity index (χ4v) is 1.49. The van der Waals surface area contributed by atoms with E-state index < -0.39 is 4.92 Å². The van der Waals surface area contributed by atoms with E-state index in [9.17, 15) is 14.9 Å². The molecule has 0 aliphatic carbocycles. The number of likely N-dealkylation sites (N-methyl/N-ethyl adjacent to an activating group) is 1. The molecule has 7 nitrogen and oxygen atoms in total. The van der Waals surface area contributed by atoms with Gasteiger partial charge in [-0.1, -0.05) is 0 Å². The Morgan fingerprint density at radius 1 is 1.56 bits per heavy atom. The Morgan fingerprint density at radius 3 is 2.62 bits per heavy atom. The van der Waals surface area contributed by atoms with Crippen molar-refractivity contribution in [2.45, 2.75) is 27.3 Å². The van der Waals surface area contributed by atoms with Crippen LogP contribution in [0.4, 0.5) is 5.69 Å². The average Bonchev–Trinajstić information content (AvgIpc) is 2.42. The van der Waals surface area contributed by atoms with Gasteiger partial charge in [-0.3, -0.25) is 19.6 Å². The lowest BCUT2D eigenvalue weighted by Gasteiger charge is -2.03. The van der Waals surface area contributed by atoms with Crippen molar-refractivity contribution < 1.29 is 9.72 Å². The number of aryl methyl sites for hydroxylation is 1. The lowest BCUT2D eigenvalue weighted by Crippen LogP contribution is -2.28. The average molecular weight is 226 g/mol. The molecule has 1 rings (SSSR count). The minimum Gasteiger partial charge on any atom is -0.355 e. The summed E-state index contributed by atoms with van der Waals surface area (Å²) in [7, 11) is 0. The summed E-state index contributed by atoms with van der Waals surface area (Å²) < 4.78 is 1.35. The third-order valence-electron chi connectivity index (χ3n) is 2.19. The van der Waals surface area contributed by atoms with E-state index in [-0.39, 0.29) is 18.1 Å². The Balaban J connectivity index is 2.95. The summed E-state index contributed by atoms with van der Waals surface area (Å²) in [4.78, 5) is 21.6. The molecule has 1 heterocycles. The van der Waals surface area contributed by atoms with Crippen LogP contribution in [0.1, 0.15) is 18.3 Å². The van der Waals surface area contributed by atoms with E-state index in [0.29, 0.717) is 17.9 Å². The maximum atomic E-state index is 11.3. The highest BCUT2D eigenvalue weighted by Crippen LogP contribution is 2.21. The van der Waals surface area contributed by atoms with E-state index in [1.165, 1.54) is 4.68 Å². The SMILES string of the molecule is CCNC(=O)Cn1nc(C)c([N+](=O)[O-])c1C. The van der Waals surface area contributed by atoms with Crippen LogP contribution in [0.5, 0.6) is 0 Å². The van der Waals surface area contributed by atoms with Gasteiger partial charge in [-0.15, -0.1) is 0 Å². The van der Waals surface area contributed by atoms with Crippen molar-refractivity contribution in [3.05, 3.63) is 21.5 Å². The quantitative estimate of drug-likeness (QED) is 0.599. The van der Waals surface area contributed by atoms with Gasteiger partial charge in [-0.05, 0) is 20.8 Å². The van der Waals surface area contributed by atoms with Crippen LogP contribution in [0.25, 0.3) is 0 Å². The maximum absolute atomic E-state index is 11.3. The van der Waals surface area contributed by atoms with Crippen molar-refractivity contribution in [1.82, 2.24) is 15.1 Å². The minimum absolute atomic E-state index is 0.00829. The number of rotatable bonds is 4. The highest BCUT2D eigenvalue weighted by molar-refractivity contribution is 5.75. The van der Waals surface area contributed by atoms with E-state index in [4.69, 9.17) is 0 Å². The van der Waals surface area contributed by atoms with E-state index in [2.05, 4.69) is 10.4 Å². The molecule has 1 amide bonds. The molecule has 1 aromatic heterocycles. The number of nitro groups is 1. The van der Waals surface area contributed by atoms with Crippen LogP contribution in [-0.2, 0) is 11.3 Å². The van der Waals surface area contributed by atoms with Gasteiger partial charge in [0.15, 0.2) is 0 Å². The smallest absolute Gasteiger partial charge is 0.312 e. The Morgan fingerprint density at radius 2 is 2.19 bits per heavy atom. The summed E-state index contributed by atoms with van der Waals surface area (Å²) in [5, 5.41) is 17.3. The molecule has 1 N–H and O–H groups in total. The summed E-state index contributed by atoms with van der Waals surface area (Å²) in [6.45, 7) is 5.48. The molecule has 16 heavy (non-hydrogen) atoms. The number of carbonyl (C=O) groups is 1. The van der Waals surface area contributed by atoms with Crippen LogP contribution in [0.3, 0.4) is 0 Å². The molecule has 0 saturated heterocycles. The van der Waals surface area contributed by atoms with Gasteiger partial charge >= 0.3 is 5.69 Å². The monoisotopic (exact) mass is 226 g/mol. The van der Waals surface area contributed by atoms with Gasteiger partial charge in [0.2, 0.25) is 5.91 Å². The highest BCUT2D eigenvalue weighted by atomic mass is 16.6. The first-order valence-corrected chi connectivity index (χ1v) is 4.92. The van der Waals surface area contributed by atoms with Crippen molar-refractivity contribution in [2.75, 3.05) is 6.54 Å². The number of aromatic nitrogens is 2. The topological polar surface area (TPSA) is 90.1 Å². The summed E-state index contributed by atoms with van der Waals surface area (Å²) in [6.07, 6.45) is 0. The largest absolute Gasteiger partial charge is 0.355 e. The first-order valence-electron chi connectivity index (χ1n) is 4.92. The number of hydrogen-bond acceptors (Lipinski definition) is 4. The molecule has 0 aromatic carbocycles. The summed E-state index contributed by atoms with van der Waals surface area (Å²) >= 11 is 0. The molecule has 7 heteroatoms. The van der Waals surface area contributed by atoms with Crippen molar-refractivity contribution in [2.24, 2.45) is 0 Å². The van der Waals surface area contributed by atoms with Crippen molar-refractivity contribution >= 4 is 11.6 Å². The van der Waals surface area contributed by atoms with Crippen molar-refractivity contribution in [3.8, 4) is 0 Å². The molecule has 0 aliphatic rings. The summed E-state index contributed by atoms with van der Waals surface area (Å²) in [5.41, 5.74) is 0.699. The number of amides is 1. The number of nitrogens with one attached hydrogen (secondary N) is 1. The molecule has 0 saturated carbocycles.